The number of hydrogen-bond donors (Lipinski definition) is 12. The van der Waals surface area contributed by atoms with Gasteiger partial charge in [-0.05, 0) is 73.1 Å². The van der Waals surface area contributed by atoms with Crippen molar-refractivity contribution in [3.63, 3.8) is 0 Å². The summed E-state index contributed by atoms with van der Waals surface area (Å²) in [5.74, 6) is 10.5. The number of carboxylic acid groups (broad SMARTS) is 1. The summed E-state index contributed by atoms with van der Waals surface area (Å²) in [4.78, 5) is 101. The summed E-state index contributed by atoms with van der Waals surface area (Å²) in [5, 5.41) is 113. The molecule has 0 bridgehead atoms. The summed E-state index contributed by atoms with van der Waals surface area (Å²) in [7, 11) is 2.29. The molecule has 0 radical (unpaired) electrons. The number of carbonyl (C=O) groups is 8. The maximum absolute atomic E-state index is 13.4. The van der Waals surface area contributed by atoms with Gasteiger partial charge in [-0.25, -0.2) is 4.79 Å². The van der Waals surface area contributed by atoms with Crippen LogP contribution in [0.25, 0.3) is 10.4 Å². The number of ether oxygens (including phenoxy) is 17. The molecule has 4 aliphatic heterocycles. The molecule has 4 aliphatic carbocycles. The number of aliphatic hydroxyl groups is 8. The normalized spacial score (nSPS) is 33.0. The zero-order valence-corrected chi connectivity index (χ0v) is 66.1. The number of fused-ring (bicyclic) bond motifs is 2. The molecule has 41 nitrogen and oxygen atoms in total. The molecular weight excluding hydrogens is 1530 g/mol. The summed E-state index contributed by atoms with van der Waals surface area (Å²) < 4.78 is 92.8. The summed E-state index contributed by atoms with van der Waals surface area (Å²) in [6.07, 6.45) is -25.9. The Morgan fingerprint density at radius 3 is 1.39 bits per heavy atom. The molecule has 114 heavy (non-hydrogen) atoms. The number of aliphatic carboxylic acids is 1. The van der Waals surface area contributed by atoms with Gasteiger partial charge < -0.3 is 153 Å². The average Bonchev–Trinajstić information content (AvgIpc) is 1.58. The van der Waals surface area contributed by atoms with E-state index < -0.39 is 178 Å². The molecule has 8 aliphatic rings. The molecule has 26 atom stereocenters. The minimum atomic E-state index is -2.38. The fourth-order valence-corrected chi connectivity index (χ4v) is 14.1. The zero-order chi connectivity index (χ0) is 81.2. The van der Waals surface area contributed by atoms with Crippen molar-refractivity contribution in [2.75, 3.05) is 126 Å². The summed E-state index contributed by atoms with van der Waals surface area (Å²) in [5.41, 5.74) is 8.26. The molecule has 4 heterocycles. The van der Waals surface area contributed by atoms with Crippen LogP contribution in [0.3, 0.4) is 0 Å². The Morgan fingerprint density at radius 1 is 0.491 bits per heavy atom. The Bertz CT molecular complexity index is 3050. The van der Waals surface area contributed by atoms with E-state index in [-0.39, 0.29) is 148 Å². The van der Waals surface area contributed by atoms with Crippen molar-refractivity contribution < 1.29 is 194 Å². The van der Waals surface area contributed by atoms with Gasteiger partial charge in [-0.2, -0.15) is 0 Å². The topological polar surface area (TPSA) is 575 Å². The number of methoxy groups -OCH3 is 2. The largest absolute Gasteiger partial charge is 1.00 e. The second-order valence-corrected chi connectivity index (χ2v) is 27.5. The number of rotatable bonds is 43. The first-order chi connectivity index (χ1) is 54.0. The number of amides is 4. The quantitative estimate of drug-likeness (QED) is 0.00394. The molecule has 42 heteroatoms. The number of carboxylic acids is 1. The Balaban J connectivity index is 0.000000442. The van der Waals surface area contributed by atoms with Crippen LogP contribution < -0.4 is 55.9 Å². The van der Waals surface area contributed by atoms with Crippen LogP contribution in [0.5, 0.6) is 0 Å². The van der Waals surface area contributed by atoms with Gasteiger partial charge in [0.2, 0.25) is 11.8 Å². The minimum absolute atomic E-state index is 0. The second kappa shape index (κ2) is 52.2. The van der Waals surface area contributed by atoms with Crippen molar-refractivity contribution in [1.29, 1.82) is 0 Å². The maximum Gasteiger partial charge on any atom is 1.00 e. The van der Waals surface area contributed by atoms with Gasteiger partial charge in [-0.15, -0.1) is 23.7 Å². The van der Waals surface area contributed by atoms with Crippen LogP contribution in [0.4, 0.5) is 4.79 Å². The van der Waals surface area contributed by atoms with E-state index in [4.69, 9.17) is 86.1 Å². The Labute approximate surface area is 682 Å². The number of alkyl carbamates (subject to hydrolysis) is 1. The molecule has 4 saturated heterocycles. The fourth-order valence-electron chi connectivity index (χ4n) is 14.1. The maximum atomic E-state index is 13.4. The van der Waals surface area contributed by atoms with Crippen LogP contribution in [0, 0.1) is 59.2 Å². The van der Waals surface area contributed by atoms with Gasteiger partial charge in [-0.1, -0.05) is 12.5 Å². The van der Waals surface area contributed by atoms with E-state index in [2.05, 4.69) is 55.0 Å². The number of nitrogens with one attached hydrogen (secondary N) is 4. The SMILES string of the molecule is C.COC1OC(CO)C(O)C(OC2OC(C(=O)[O-])C(OC3OC(CO)C(O)C(OC4OC(C(=O)NCCOCCOCCOCCN=[N+]=[N-])C(OC)C(O)C4O)C3NC(C)=O)C(O)C2O)C1NC(C)=O.O=C(CCCC(=O)OCC1[C@H]2CCC#CCC[C@@H]12)OCCOCCOC(=O)CCNC(=O)OCC1[C@H]2CCC#CCC[C@@H]12.[Na+]. The number of nitrogens with zero attached hydrogens (tertiary/aromatic N) is 3. The third kappa shape index (κ3) is 30.8. The summed E-state index contributed by atoms with van der Waals surface area (Å²) >= 11 is 0. The van der Waals surface area contributed by atoms with Crippen LogP contribution in [0.15, 0.2) is 5.11 Å². The fraction of sp³-hybridized carbons (Fsp3) is 0.833. The third-order valence-electron chi connectivity index (χ3n) is 20.0. The summed E-state index contributed by atoms with van der Waals surface area (Å²) in [6.45, 7) is 2.96. The average molecular weight is 1640 g/mol. The van der Waals surface area contributed by atoms with Crippen molar-refractivity contribution in [2.24, 2.45) is 40.6 Å². The molecule has 640 valence electrons. The van der Waals surface area contributed by atoms with E-state index in [1.54, 1.807) is 0 Å². The standard InChI is InChI=1S/C38H64N6O25.C33H45NO9.CH4.Na/c1-15(47)42-19-27(21(49)17(13-45)63-35(19)59-4)65-38-26(54)24(52)30(32(69-38)34(56)57)67-36-20(43-16(2)48)28(22(50)18(14-46)64-36)66-37-25(53)23(51)29(58-3)31(68-37)33(55)40-5-7-60-9-11-62-12-10-61-8-6-41-44-39;35-30(14-9-15-31(36)42-22-28-24-10-5-1-2-6-11-25(24)28)40-20-18-39-19-21-41-32(37)16-17-34-33(38)43-23-29-26-12-7-3-4-8-13-27(26)29;;/h17-32,35-38,45-46,49-54H,5-14H2,1-4H3,(H,40,55)(H,42,47)(H,43,48)(H,56,57);24-29H,5-23H2,(H,34,38);1H4;/q;;;+1/p-1/t;24-,25+,26-,27+,28?,29?;;. The number of aliphatic hydroxyl groups excluding tert-OH is 8. The van der Waals surface area contributed by atoms with Crippen LogP contribution in [-0.2, 0) is 114 Å². The molecule has 4 amide bonds. The number of hydrogen-bond acceptors (Lipinski definition) is 35. The number of carbonyl (C=O) groups excluding carboxylic acids is 8. The zero-order valence-electron chi connectivity index (χ0n) is 64.1. The Kier molecular flexibility index (Phi) is 45.2. The van der Waals surface area contributed by atoms with Gasteiger partial charge >= 0.3 is 53.6 Å². The molecule has 8 rings (SSSR count). The van der Waals surface area contributed by atoms with Crippen molar-refractivity contribution in [1.82, 2.24) is 21.3 Å². The van der Waals surface area contributed by atoms with Crippen LogP contribution in [0.2, 0.25) is 0 Å². The summed E-state index contributed by atoms with van der Waals surface area (Å²) in [6, 6.07) is -3.14. The smallest absolute Gasteiger partial charge is 0.547 e. The van der Waals surface area contributed by atoms with Gasteiger partial charge in [0.1, 0.15) is 105 Å². The number of azide groups is 1. The predicted octanol–water partition coefficient (Wildman–Crippen LogP) is -7.47. The third-order valence-corrected chi connectivity index (χ3v) is 20.0. The first-order valence-electron chi connectivity index (χ1n) is 37.5. The van der Waals surface area contributed by atoms with E-state index in [1.807, 2.05) is 0 Å². The Hall–Kier alpha value is -5.85. The number of esters is 3. The van der Waals surface area contributed by atoms with Gasteiger partial charge in [-0.3, -0.25) is 28.8 Å². The molecule has 22 unspecified atom stereocenters. The molecule has 0 aromatic carbocycles. The van der Waals surface area contributed by atoms with Gasteiger partial charge in [0, 0.05) is 91.1 Å². The van der Waals surface area contributed by atoms with E-state index in [0.29, 0.717) is 55.1 Å². The van der Waals surface area contributed by atoms with Gasteiger partial charge in [0.25, 0.3) is 5.91 Å². The Morgan fingerprint density at radius 2 is 0.921 bits per heavy atom. The van der Waals surface area contributed by atoms with E-state index in [1.165, 1.54) is 7.11 Å². The second-order valence-electron chi connectivity index (χ2n) is 27.5. The van der Waals surface area contributed by atoms with Crippen molar-refractivity contribution in [3.8, 4) is 23.7 Å². The van der Waals surface area contributed by atoms with Crippen LogP contribution in [-0.4, -0.2) is 338 Å². The van der Waals surface area contributed by atoms with Crippen molar-refractivity contribution in [3.05, 3.63) is 10.4 Å². The molecular formula is C72H112N7NaO34. The van der Waals surface area contributed by atoms with Crippen LogP contribution >= 0.6 is 0 Å². The first-order valence-corrected chi connectivity index (χ1v) is 37.5. The monoisotopic (exact) mass is 1640 g/mol. The first kappa shape index (κ1) is 98.7. The van der Waals surface area contributed by atoms with Crippen molar-refractivity contribution in [2.45, 2.75) is 221 Å². The minimum Gasteiger partial charge on any atom is -0.547 e. The molecule has 6 fully saturated rings. The molecule has 12 N–H and O–H groups in total. The molecule has 0 aromatic heterocycles. The van der Waals surface area contributed by atoms with E-state index in [0.717, 1.165) is 72.3 Å². The van der Waals surface area contributed by atoms with E-state index in [9.17, 15) is 84.3 Å². The van der Waals surface area contributed by atoms with Gasteiger partial charge in [0.15, 0.2) is 31.3 Å². The van der Waals surface area contributed by atoms with Crippen LogP contribution in [0.1, 0.15) is 98.3 Å². The predicted molar refractivity (Wildman–Crippen MR) is 379 cm³/mol. The van der Waals surface area contributed by atoms with Crippen molar-refractivity contribution >= 4 is 47.7 Å². The molecule has 0 aromatic rings. The molecule has 2 saturated carbocycles. The van der Waals surface area contributed by atoms with Gasteiger partial charge in [0.05, 0.1) is 91.7 Å². The van der Waals surface area contributed by atoms with E-state index >= 15 is 0 Å². The molecule has 0 spiro atoms.